The number of rotatable bonds is 5. The van der Waals surface area contributed by atoms with Crippen molar-refractivity contribution < 1.29 is 14.3 Å². The molecule has 5 nitrogen and oxygen atoms in total. The summed E-state index contributed by atoms with van der Waals surface area (Å²) in [5.41, 5.74) is 1.51. The molecule has 3 rings (SSSR count). The molecule has 1 atom stereocenters. The lowest BCUT2D eigenvalue weighted by Crippen LogP contribution is -2.56. The van der Waals surface area contributed by atoms with Gasteiger partial charge in [-0.05, 0) is 37.6 Å². The Labute approximate surface area is 144 Å². The van der Waals surface area contributed by atoms with Gasteiger partial charge in [0, 0.05) is 37.4 Å². The molecule has 0 spiro atoms. The summed E-state index contributed by atoms with van der Waals surface area (Å²) in [6.45, 7) is 10.6. The van der Waals surface area contributed by atoms with Gasteiger partial charge in [0.25, 0.3) is 0 Å². The first-order chi connectivity index (χ1) is 11.6. The van der Waals surface area contributed by atoms with E-state index < -0.39 is 5.54 Å². The van der Waals surface area contributed by atoms with Crippen molar-refractivity contribution in [1.29, 1.82) is 0 Å². The molecule has 1 aromatic rings. The van der Waals surface area contributed by atoms with E-state index in [4.69, 9.17) is 9.47 Å². The van der Waals surface area contributed by atoms with Gasteiger partial charge in [0.15, 0.2) is 5.78 Å². The molecule has 2 aliphatic rings. The van der Waals surface area contributed by atoms with Crippen LogP contribution in [0.3, 0.4) is 0 Å². The molecule has 2 aliphatic heterocycles. The predicted molar refractivity (Wildman–Crippen MR) is 94.9 cm³/mol. The highest BCUT2D eigenvalue weighted by Gasteiger charge is 2.38. The summed E-state index contributed by atoms with van der Waals surface area (Å²) in [7, 11) is 0. The van der Waals surface area contributed by atoms with Crippen LogP contribution < -0.4 is 4.90 Å². The van der Waals surface area contributed by atoms with Crippen molar-refractivity contribution in [3.05, 3.63) is 29.8 Å². The van der Waals surface area contributed by atoms with E-state index in [1.807, 2.05) is 12.1 Å². The van der Waals surface area contributed by atoms with E-state index in [1.165, 1.54) is 5.69 Å². The van der Waals surface area contributed by atoms with Crippen molar-refractivity contribution >= 4 is 11.5 Å². The summed E-state index contributed by atoms with van der Waals surface area (Å²) in [4.78, 5) is 17.7. The maximum absolute atomic E-state index is 13.2. The molecule has 1 aromatic carbocycles. The fourth-order valence-electron chi connectivity index (χ4n) is 3.54. The number of hydrogen-bond donors (Lipinski definition) is 0. The number of nitrogens with zero attached hydrogens (tertiary/aromatic N) is 2. The zero-order valence-corrected chi connectivity index (χ0v) is 14.8. The van der Waals surface area contributed by atoms with Crippen LogP contribution in [0.4, 0.5) is 5.69 Å². The van der Waals surface area contributed by atoms with Crippen LogP contribution in [0.5, 0.6) is 0 Å². The van der Waals surface area contributed by atoms with Crippen molar-refractivity contribution in [3.8, 4) is 0 Å². The average molecular weight is 332 g/mol. The molecule has 2 fully saturated rings. The normalized spacial score (nSPS) is 22.2. The van der Waals surface area contributed by atoms with Crippen molar-refractivity contribution in [2.75, 3.05) is 57.5 Å². The molecule has 0 aliphatic carbocycles. The van der Waals surface area contributed by atoms with Gasteiger partial charge < -0.3 is 14.4 Å². The number of benzene rings is 1. The third kappa shape index (κ3) is 3.48. The second-order valence-electron chi connectivity index (χ2n) is 6.70. The highest BCUT2D eigenvalue weighted by Crippen LogP contribution is 2.27. The second kappa shape index (κ2) is 7.64. The number of Topliss-reactive ketones (excluding diaryl/α,β-unsaturated/α-hetero) is 1. The van der Waals surface area contributed by atoms with E-state index in [9.17, 15) is 4.79 Å². The first-order valence-electron chi connectivity index (χ1n) is 8.95. The molecular weight excluding hydrogens is 304 g/mol. The molecule has 0 radical (unpaired) electrons. The largest absolute Gasteiger partial charge is 0.379 e. The molecule has 2 saturated heterocycles. The topological polar surface area (TPSA) is 42.0 Å². The first kappa shape index (κ1) is 17.4. The van der Waals surface area contributed by atoms with Crippen molar-refractivity contribution in [2.24, 2.45) is 0 Å². The summed E-state index contributed by atoms with van der Waals surface area (Å²) < 4.78 is 10.8. The van der Waals surface area contributed by atoms with E-state index in [-0.39, 0.29) is 5.78 Å². The average Bonchev–Trinajstić information content (AvgIpc) is 2.68. The highest BCUT2D eigenvalue weighted by atomic mass is 16.5. The lowest BCUT2D eigenvalue weighted by molar-refractivity contribution is -0.0106. The Bertz CT molecular complexity index is 548. The molecule has 0 saturated carbocycles. The minimum Gasteiger partial charge on any atom is -0.379 e. The Morgan fingerprint density at radius 1 is 1.00 bits per heavy atom. The van der Waals surface area contributed by atoms with Gasteiger partial charge in [-0.15, -0.1) is 0 Å². The second-order valence-corrected chi connectivity index (χ2v) is 6.70. The number of morpholine rings is 2. The lowest BCUT2D eigenvalue weighted by Gasteiger charge is -2.41. The summed E-state index contributed by atoms with van der Waals surface area (Å²) in [6, 6.07) is 8.07. The van der Waals surface area contributed by atoms with Gasteiger partial charge in [0.2, 0.25) is 0 Å². The molecule has 24 heavy (non-hydrogen) atoms. The smallest absolute Gasteiger partial charge is 0.182 e. The van der Waals surface area contributed by atoms with Gasteiger partial charge in [-0.25, -0.2) is 0 Å². The van der Waals surface area contributed by atoms with Crippen molar-refractivity contribution in [3.63, 3.8) is 0 Å². The van der Waals surface area contributed by atoms with Gasteiger partial charge in [-0.3, -0.25) is 9.69 Å². The Morgan fingerprint density at radius 3 is 2.08 bits per heavy atom. The van der Waals surface area contributed by atoms with Crippen LogP contribution in [0.1, 0.15) is 30.6 Å². The molecule has 0 N–H and O–H groups in total. The number of carbonyl (C=O) groups excluding carboxylic acids is 1. The fourth-order valence-corrected chi connectivity index (χ4v) is 3.54. The number of ether oxygens (including phenoxy) is 2. The standard InChI is InChI=1S/C19H28N2O3/c1-3-19(2,21-10-14-24-15-11-21)18(22)16-4-6-17(7-5-16)20-8-12-23-13-9-20/h4-7H,3,8-15H2,1-2H3. The van der Waals surface area contributed by atoms with Gasteiger partial charge in [-0.1, -0.05) is 6.92 Å². The summed E-state index contributed by atoms with van der Waals surface area (Å²) in [5.74, 6) is 0.209. The third-order valence-corrected chi connectivity index (χ3v) is 5.39. The van der Waals surface area contributed by atoms with Crippen LogP contribution >= 0.6 is 0 Å². The third-order valence-electron chi connectivity index (χ3n) is 5.39. The SMILES string of the molecule is CCC(C)(C(=O)c1ccc(N2CCOCC2)cc1)N1CCOCC1. The Balaban J connectivity index is 1.75. The molecule has 5 heteroatoms. The zero-order chi connectivity index (χ0) is 17.0. The molecule has 0 amide bonds. The fraction of sp³-hybridized carbons (Fsp3) is 0.632. The van der Waals surface area contributed by atoms with Gasteiger partial charge in [-0.2, -0.15) is 0 Å². The molecule has 1 unspecified atom stereocenters. The Kier molecular flexibility index (Phi) is 5.54. The van der Waals surface area contributed by atoms with E-state index in [0.717, 1.165) is 51.4 Å². The monoisotopic (exact) mass is 332 g/mol. The minimum atomic E-state index is -0.454. The van der Waals surface area contributed by atoms with Crippen LogP contribution in [0, 0.1) is 0 Å². The van der Waals surface area contributed by atoms with Crippen LogP contribution in [0.15, 0.2) is 24.3 Å². The lowest BCUT2D eigenvalue weighted by atomic mass is 9.86. The van der Waals surface area contributed by atoms with Crippen LogP contribution in [-0.2, 0) is 9.47 Å². The summed E-state index contributed by atoms with van der Waals surface area (Å²) >= 11 is 0. The summed E-state index contributed by atoms with van der Waals surface area (Å²) in [6.07, 6.45) is 0.803. The maximum atomic E-state index is 13.2. The van der Waals surface area contributed by atoms with E-state index in [1.54, 1.807) is 0 Å². The van der Waals surface area contributed by atoms with Gasteiger partial charge >= 0.3 is 0 Å². The first-order valence-corrected chi connectivity index (χ1v) is 8.95. The number of anilines is 1. The number of carbonyl (C=O) groups is 1. The molecule has 2 heterocycles. The molecular formula is C19H28N2O3. The minimum absolute atomic E-state index is 0.209. The molecule has 0 bridgehead atoms. The zero-order valence-electron chi connectivity index (χ0n) is 14.8. The highest BCUT2D eigenvalue weighted by molar-refractivity contribution is 6.03. The van der Waals surface area contributed by atoms with Crippen LogP contribution in [0.25, 0.3) is 0 Å². The summed E-state index contributed by atoms with van der Waals surface area (Å²) in [5, 5.41) is 0. The predicted octanol–water partition coefficient (Wildman–Crippen LogP) is 2.21. The number of hydrogen-bond acceptors (Lipinski definition) is 5. The van der Waals surface area contributed by atoms with Crippen molar-refractivity contribution in [1.82, 2.24) is 4.90 Å². The van der Waals surface area contributed by atoms with Crippen molar-refractivity contribution in [2.45, 2.75) is 25.8 Å². The van der Waals surface area contributed by atoms with E-state index in [2.05, 4.69) is 35.8 Å². The van der Waals surface area contributed by atoms with Gasteiger partial charge in [0.1, 0.15) is 0 Å². The quantitative estimate of drug-likeness (QED) is 0.774. The van der Waals surface area contributed by atoms with Crippen LogP contribution in [0.2, 0.25) is 0 Å². The van der Waals surface area contributed by atoms with E-state index in [0.29, 0.717) is 13.2 Å². The Hall–Kier alpha value is -1.43. The van der Waals surface area contributed by atoms with Gasteiger partial charge in [0.05, 0.1) is 32.0 Å². The van der Waals surface area contributed by atoms with Crippen LogP contribution in [-0.4, -0.2) is 68.8 Å². The van der Waals surface area contributed by atoms with E-state index >= 15 is 0 Å². The maximum Gasteiger partial charge on any atom is 0.182 e. The Morgan fingerprint density at radius 2 is 1.54 bits per heavy atom. The molecule has 132 valence electrons. The molecule has 0 aromatic heterocycles. The number of ketones is 1.